The molecule has 0 heterocycles. The average Bonchev–Trinajstić information content (AvgIpc) is 3.13. The smallest absolute Gasteiger partial charge is 0.472 e. The third kappa shape index (κ3) is 36.2. The summed E-state index contributed by atoms with van der Waals surface area (Å²) in [7, 11) is -4.73. The first-order chi connectivity index (χ1) is 25.6. The summed E-state index contributed by atoms with van der Waals surface area (Å²) in [6, 6.07) is -1.53. The lowest BCUT2D eigenvalue weighted by atomic mass is 10.1. The van der Waals surface area contributed by atoms with Crippen molar-refractivity contribution in [2.75, 3.05) is 19.8 Å². The number of esters is 2. The Hall–Kier alpha value is -2.56. The van der Waals surface area contributed by atoms with Gasteiger partial charge in [-0.1, -0.05) is 140 Å². The monoisotopic (exact) mass is 769 g/mol. The Labute approximate surface area is 320 Å². The van der Waals surface area contributed by atoms with Crippen molar-refractivity contribution in [3.05, 3.63) is 48.6 Å². The van der Waals surface area contributed by atoms with Gasteiger partial charge >= 0.3 is 25.7 Å². The van der Waals surface area contributed by atoms with E-state index in [1.807, 2.05) is 12.2 Å². The molecule has 306 valence electrons. The van der Waals surface area contributed by atoms with Crippen LogP contribution in [0.3, 0.4) is 0 Å². The largest absolute Gasteiger partial charge is 0.480 e. The predicted octanol–water partition coefficient (Wildman–Crippen LogP) is 10.2. The Bertz CT molecular complexity index is 1090. The molecule has 0 spiro atoms. The molecular weight excluding hydrogens is 697 g/mol. The number of unbranched alkanes of at least 4 members (excludes halogenated alkanes) is 16. The van der Waals surface area contributed by atoms with E-state index < -0.39 is 51.1 Å². The molecule has 0 bridgehead atoms. The minimum Gasteiger partial charge on any atom is -0.480 e. The molecule has 12 heteroatoms. The number of ether oxygens (including phenoxy) is 2. The van der Waals surface area contributed by atoms with Gasteiger partial charge in [-0.15, -0.1) is 0 Å². The van der Waals surface area contributed by atoms with E-state index in [0.29, 0.717) is 12.8 Å². The number of aliphatic carboxylic acids is 1. The van der Waals surface area contributed by atoms with Gasteiger partial charge < -0.3 is 25.2 Å². The van der Waals surface area contributed by atoms with Crippen LogP contribution in [0.25, 0.3) is 0 Å². The molecule has 0 aliphatic carbocycles. The first kappa shape index (κ1) is 50.4. The Kier molecular flexibility index (Phi) is 34.7. The molecule has 11 nitrogen and oxygen atoms in total. The number of carbonyl (C=O) groups excluding carboxylic acids is 2. The zero-order chi connectivity index (χ0) is 39.3. The van der Waals surface area contributed by atoms with Gasteiger partial charge in [-0.2, -0.15) is 0 Å². The zero-order valence-electron chi connectivity index (χ0n) is 32.8. The number of allylic oxidation sites excluding steroid dienone is 8. The molecule has 0 radical (unpaired) electrons. The number of carboxylic acids is 1. The molecule has 0 aromatic heterocycles. The summed E-state index contributed by atoms with van der Waals surface area (Å²) >= 11 is 0. The first-order valence-corrected chi connectivity index (χ1v) is 21.7. The number of hydrogen-bond donors (Lipinski definition) is 3. The maximum absolute atomic E-state index is 12.5. The molecule has 4 N–H and O–H groups in total. The Morgan fingerprint density at radius 3 is 1.66 bits per heavy atom. The molecule has 0 saturated carbocycles. The van der Waals surface area contributed by atoms with Crippen LogP contribution >= 0.6 is 7.82 Å². The van der Waals surface area contributed by atoms with Crippen molar-refractivity contribution < 1.29 is 47.5 Å². The Morgan fingerprint density at radius 1 is 0.604 bits per heavy atom. The lowest BCUT2D eigenvalue weighted by Crippen LogP contribution is -2.34. The van der Waals surface area contributed by atoms with E-state index in [1.54, 1.807) is 0 Å². The highest BCUT2D eigenvalue weighted by atomic mass is 31.2. The van der Waals surface area contributed by atoms with E-state index in [0.717, 1.165) is 38.5 Å². The van der Waals surface area contributed by atoms with Crippen molar-refractivity contribution in [3.63, 3.8) is 0 Å². The van der Waals surface area contributed by atoms with Gasteiger partial charge in [0.15, 0.2) is 6.10 Å². The maximum Gasteiger partial charge on any atom is 0.472 e. The van der Waals surface area contributed by atoms with Gasteiger partial charge in [0.25, 0.3) is 0 Å². The molecule has 0 aromatic rings. The van der Waals surface area contributed by atoms with Crippen molar-refractivity contribution >= 4 is 25.7 Å². The number of nitrogens with two attached hydrogens (primary N) is 1. The van der Waals surface area contributed by atoms with E-state index >= 15 is 0 Å². The second-order valence-electron chi connectivity index (χ2n) is 13.4. The average molecular weight is 770 g/mol. The van der Waals surface area contributed by atoms with Crippen LogP contribution in [-0.2, 0) is 37.5 Å². The standard InChI is InChI=1S/C41H72NO10P/c1-3-5-7-9-11-13-15-17-18-19-21-22-24-26-28-30-32-39(43)49-34-37(35-50-53(47,48)51-36-38(42)41(45)46)52-40(44)33-31-29-27-25-23-20-16-14-12-10-8-6-4-2/h18-23,27,29,37-38H,3-17,24-26,28,30-36,42H2,1-2H3,(H,45,46)(H,47,48)/b19-18+,22-21+,23-20+,29-27+/t37?,38-/m0/s1. The third-order valence-corrected chi connectivity index (χ3v) is 9.29. The van der Waals surface area contributed by atoms with Crippen molar-refractivity contribution in [1.29, 1.82) is 0 Å². The summed E-state index contributed by atoms with van der Waals surface area (Å²) < 4.78 is 32.5. The molecule has 0 aliphatic rings. The highest BCUT2D eigenvalue weighted by Crippen LogP contribution is 2.43. The predicted molar refractivity (Wildman–Crippen MR) is 212 cm³/mol. The topological polar surface area (TPSA) is 172 Å². The van der Waals surface area contributed by atoms with E-state index in [-0.39, 0.29) is 19.4 Å². The van der Waals surface area contributed by atoms with Crippen molar-refractivity contribution in [2.45, 2.75) is 174 Å². The Balaban J connectivity index is 4.53. The number of hydrogen-bond acceptors (Lipinski definition) is 9. The molecule has 0 saturated heterocycles. The number of rotatable bonds is 37. The zero-order valence-corrected chi connectivity index (χ0v) is 33.7. The van der Waals surface area contributed by atoms with Gasteiger partial charge in [0.1, 0.15) is 12.6 Å². The second-order valence-corrected chi connectivity index (χ2v) is 14.9. The summed E-state index contributed by atoms with van der Waals surface area (Å²) in [4.78, 5) is 45.7. The van der Waals surface area contributed by atoms with E-state index in [4.69, 9.17) is 24.8 Å². The van der Waals surface area contributed by atoms with Crippen LogP contribution in [0.15, 0.2) is 48.6 Å². The van der Waals surface area contributed by atoms with Crippen LogP contribution in [0.5, 0.6) is 0 Å². The van der Waals surface area contributed by atoms with E-state index in [9.17, 15) is 23.8 Å². The van der Waals surface area contributed by atoms with Crippen LogP contribution in [-0.4, -0.2) is 59.9 Å². The quantitative estimate of drug-likeness (QED) is 0.0180. The molecule has 2 unspecified atom stereocenters. The number of carboxylic acid groups (broad SMARTS) is 1. The molecule has 3 atom stereocenters. The molecule has 0 fully saturated rings. The normalized spacial score (nSPS) is 14.3. The molecule has 0 aromatic carbocycles. The lowest BCUT2D eigenvalue weighted by molar-refractivity contribution is -0.161. The fourth-order valence-corrected chi connectivity index (χ4v) is 5.89. The lowest BCUT2D eigenvalue weighted by Gasteiger charge is -2.20. The molecule has 53 heavy (non-hydrogen) atoms. The maximum atomic E-state index is 12.5. The minimum atomic E-state index is -4.73. The summed E-state index contributed by atoms with van der Waals surface area (Å²) in [5.74, 6) is -2.50. The van der Waals surface area contributed by atoms with Gasteiger partial charge in [0.2, 0.25) is 0 Å². The minimum absolute atomic E-state index is 0.0482. The highest BCUT2D eigenvalue weighted by Gasteiger charge is 2.28. The van der Waals surface area contributed by atoms with Gasteiger partial charge in [0, 0.05) is 12.8 Å². The number of carbonyl (C=O) groups is 3. The fourth-order valence-electron chi connectivity index (χ4n) is 5.11. The van der Waals surface area contributed by atoms with Gasteiger partial charge in [-0.3, -0.25) is 23.4 Å². The molecule has 0 amide bonds. The Morgan fingerprint density at radius 2 is 1.09 bits per heavy atom. The van der Waals surface area contributed by atoms with Gasteiger partial charge in [-0.25, -0.2) is 4.57 Å². The summed E-state index contributed by atoms with van der Waals surface area (Å²) in [6.45, 7) is 2.68. The van der Waals surface area contributed by atoms with Gasteiger partial charge in [0.05, 0.1) is 13.2 Å². The third-order valence-electron chi connectivity index (χ3n) is 8.34. The van der Waals surface area contributed by atoms with Gasteiger partial charge in [-0.05, 0) is 57.8 Å². The SMILES string of the molecule is CCCCCCCC/C=C/C/C=C/CCC(=O)OC(COC(=O)CCCCC/C=C/C=C/CCCCCCCCC)COP(=O)(O)OC[C@H](N)C(=O)O. The first-order valence-electron chi connectivity index (χ1n) is 20.2. The fraction of sp³-hybridized carbons (Fsp3) is 0.732. The molecular formula is C41H72NO10P. The van der Waals surface area contributed by atoms with Crippen LogP contribution in [0.4, 0.5) is 0 Å². The van der Waals surface area contributed by atoms with Crippen LogP contribution in [0.2, 0.25) is 0 Å². The summed E-state index contributed by atoms with van der Waals surface area (Å²) in [5, 5.41) is 8.86. The molecule has 0 aliphatic heterocycles. The van der Waals surface area contributed by atoms with Crippen LogP contribution < -0.4 is 5.73 Å². The highest BCUT2D eigenvalue weighted by molar-refractivity contribution is 7.47. The van der Waals surface area contributed by atoms with Crippen molar-refractivity contribution in [3.8, 4) is 0 Å². The van der Waals surface area contributed by atoms with Crippen molar-refractivity contribution in [1.82, 2.24) is 0 Å². The van der Waals surface area contributed by atoms with Crippen molar-refractivity contribution in [2.24, 2.45) is 5.73 Å². The molecule has 0 rings (SSSR count). The second kappa shape index (κ2) is 36.4. The van der Waals surface area contributed by atoms with Crippen LogP contribution in [0, 0.1) is 0 Å². The van der Waals surface area contributed by atoms with E-state index in [2.05, 4.69) is 54.8 Å². The summed E-state index contributed by atoms with van der Waals surface area (Å²) in [5.41, 5.74) is 5.31. The number of phosphoric ester groups is 1. The van der Waals surface area contributed by atoms with E-state index in [1.165, 1.54) is 83.5 Å². The summed E-state index contributed by atoms with van der Waals surface area (Å²) in [6.07, 6.45) is 39.2. The van der Waals surface area contributed by atoms with Crippen LogP contribution in [0.1, 0.15) is 162 Å². The number of phosphoric acid groups is 1.